The SMILES string of the molecule is Cc1ccc(S(=O)(=O)n2cc(C#N)c3c(NC4CC4)nc(Cl)nc32)cc1.N#Cc1c[nH]c2nc(Nc3ccc4c(c3)CCC(=O)C4)nc(NC3CC3)c12.Nc1ccc2c(c1)CCC(=O)C2. The second-order valence-corrected chi connectivity index (χ2v) is 18.8. The molecule has 65 heavy (non-hydrogen) atoms. The number of anilines is 5. The Morgan fingerprint density at radius 1 is 0.754 bits per heavy atom. The fourth-order valence-electron chi connectivity index (χ4n) is 7.83. The van der Waals surface area contributed by atoms with Crippen LogP contribution in [0.2, 0.25) is 5.28 Å². The molecule has 6 N–H and O–H groups in total. The highest BCUT2D eigenvalue weighted by Crippen LogP contribution is 2.35. The lowest BCUT2D eigenvalue weighted by Crippen LogP contribution is -2.13. The van der Waals surface area contributed by atoms with Gasteiger partial charge in [0.1, 0.15) is 41.0 Å². The summed E-state index contributed by atoms with van der Waals surface area (Å²) in [4.78, 5) is 43.3. The molecule has 0 spiro atoms. The number of aryl methyl sites for hydroxylation is 3. The summed E-state index contributed by atoms with van der Waals surface area (Å²) in [5.41, 5.74) is 14.4. The normalized spacial score (nSPS) is 15.3. The van der Waals surface area contributed by atoms with Crippen LogP contribution in [0, 0.1) is 29.6 Å². The van der Waals surface area contributed by atoms with Crippen molar-refractivity contribution in [2.75, 3.05) is 21.7 Å². The van der Waals surface area contributed by atoms with E-state index in [0.29, 0.717) is 77.5 Å². The number of hydrogen-bond donors (Lipinski definition) is 5. The van der Waals surface area contributed by atoms with Gasteiger partial charge >= 0.3 is 0 Å². The number of rotatable bonds is 8. The summed E-state index contributed by atoms with van der Waals surface area (Å²) >= 11 is 6.02. The fraction of sp³-hybridized carbons (Fsp3) is 0.277. The number of ketones is 2. The van der Waals surface area contributed by atoms with Crippen molar-refractivity contribution in [1.29, 1.82) is 10.5 Å². The predicted molar refractivity (Wildman–Crippen MR) is 248 cm³/mol. The van der Waals surface area contributed by atoms with Gasteiger partial charge in [-0.1, -0.05) is 29.8 Å². The third-order valence-corrected chi connectivity index (χ3v) is 13.4. The largest absolute Gasteiger partial charge is 0.399 e. The van der Waals surface area contributed by atoms with Crippen LogP contribution in [0.4, 0.5) is 29.0 Å². The van der Waals surface area contributed by atoms with E-state index in [2.05, 4.69) is 53.0 Å². The zero-order chi connectivity index (χ0) is 45.4. The molecule has 0 atom stereocenters. The van der Waals surface area contributed by atoms with Crippen molar-refractivity contribution in [3.05, 3.63) is 117 Å². The van der Waals surface area contributed by atoms with E-state index in [1.54, 1.807) is 18.3 Å². The maximum atomic E-state index is 13.1. The van der Waals surface area contributed by atoms with Crippen molar-refractivity contribution >= 4 is 84.2 Å². The second-order valence-electron chi connectivity index (χ2n) is 16.6. The minimum Gasteiger partial charge on any atom is -0.399 e. The van der Waals surface area contributed by atoms with E-state index in [9.17, 15) is 28.5 Å². The van der Waals surface area contributed by atoms with E-state index in [4.69, 9.17) is 17.3 Å². The Morgan fingerprint density at radius 3 is 2.00 bits per heavy atom. The number of fused-ring (bicyclic) bond motifs is 4. The number of benzene rings is 3. The molecule has 2 fully saturated rings. The van der Waals surface area contributed by atoms with E-state index in [-0.39, 0.29) is 27.4 Å². The molecular formula is C47H43ClN12O4S. The lowest BCUT2D eigenvalue weighted by Gasteiger charge is -2.16. The molecule has 0 radical (unpaired) electrons. The number of carbonyl (C=O) groups excluding carboxylic acids is 2. The van der Waals surface area contributed by atoms with Crippen molar-refractivity contribution in [3.8, 4) is 12.1 Å². The molecule has 0 bridgehead atoms. The van der Waals surface area contributed by atoms with Crippen LogP contribution in [0.1, 0.15) is 77.5 Å². The van der Waals surface area contributed by atoms with Crippen LogP contribution in [0.25, 0.3) is 22.1 Å². The Labute approximate surface area is 379 Å². The third kappa shape index (κ3) is 9.48. The Balaban J connectivity index is 0.000000132. The number of nitrogens with two attached hydrogens (primary N) is 1. The molecule has 7 aromatic rings. The molecule has 0 aliphatic heterocycles. The lowest BCUT2D eigenvalue weighted by molar-refractivity contribution is -0.119. The van der Waals surface area contributed by atoms with E-state index >= 15 is 0 Å². The van der Waals surface area contributed by atoms with E-state index in [1.165, 1.54) is 29.5 Å². The summed E-state index contributed by atoms with van der Waals surface area (Å²) in [5, 5.41) is 29.7. The summed E-state index contributed by atoms with van der Waals surface area (Å²) in [6, 6.07) is 23.2. The minimum absolute atomic E-state index is 0.0800. The van der Waals surface area contributed by atoms with Gasteiger partial charge in [-0.15, -0.1) is 0 Å². The number of H-pyrrole nitrogens is 1. The molecule has 4 heterocycles. The maximum Gasteiger partial charge on any atom is 0.269 e. The average Bonchev–Trinajstić information content (AvgIpc) is 4.21. The summed E-state index contributed by atoms with van der Waals surface area (Å²) in [5.74, 6) is 2.19. The second kappa shape index (κ2) is 17.7. The van der Waals surface area contributed by atoms with Crippen LogP contribution in [0.3, 0.4) is 0 Å². The minimum atomic E-state index is -3.93. The topological polar surface area (TPSA) is 250 Å². The van der Waals surface area contributed by atoms with E-state index in [0.717, 1.165) is 75.9 Å². The summed E-state index contributed by atoms with van der Waals surface area (Å²) in [6.45, 7) is 1.87. The van der Waals surface area contributed by atoms with E-state index in [1.807, 2.05) is 43.3 Å². The average molecular weight is 907 g/mol. The third-order valence-electron chi connectivity index (χ3n) is 11.6. The number of aromatic nitrogens is 6. The highest BCUT2D eigenvalue weighted by molar-refractivity contribution is 7.90. The van der Waals surface area contributed by atoms with Gasteiger partial charge in [0.15, 0.2) is 5.65 Å². The van der Waals surface area contributed by atoms with Crippen LogP contribution in [-0.2, 0) is 45.3 Å². The maximum absolute atomic E-state index is 13.1. The predicted octanol–water partition coefficient (Wildman–Crippen LogP) is 7.61. The van der Waals surface area contributed by atoms with Crippen molar-refractivity contribution in [2.45, 2.75) is 88.1 Å². The zero-order valence-electron chi connectivity index (χ0n) is 35.3. The van der Waals surface area contributed by atoms with Crippen molar-refractivity contribution in [1.82, 2.24) is 28.9 Å². The monoisotopic (exact) mass is 906 g/mol. The summed E-state index contributed by atoms with van der Waals surface area (Å²) in [7, 11) is -3.93. The molecule has 0 saturated heterocycles. The van der Waals surface area contributed by atoms with Crippen molar-refractivity contribution < 1.29 is 18.0 Å². The molecule has 4 aliphatic rings. The molecule has 16 nitrogen and oxygen atoms in total. The molecule has 18 heteroatoms. The van der Waals surface area contributed by atoms with Crippen molar-refractivity contribution in [3.63, 3.8) is 0 Å². The Morgan fingerprint density at radius 2 is 1.37 bits per heavy atom. The number of Topliss-reactive ketones (excluding diaryl/α,β-unsaturated/α-hetero) is 2. The molecule has 328 valence electrons. The fourth-order valence-corrected chi connectivity index (χ4v) is 9.31. The first-order chi connectivity index (χ1) is 31.3. The lowest BCUT2D eigenvalue weighted by atomic mass is 9.90. The van der Waals surface area contributed by atoms with E-state index < -0.39 is 10.0 Å². The number of nitriles is 2. The molecule has 4 aromatic heterocycles. The smallest absolute Gasteiger partial charge is 0.269 e. The van der Waals surface area contributed by atoms with Crippen LogP contribution < -0.4 is 21.7 Å². The molecule has 3 aromatic carbocycles. The summed E-state index contributed by atoms with van der Waals surface area (Å²) in [6.07, 6.45) is 11.2. The Hall–Kier alpha value is -7.34. The van der Waals surface area contributed by atoms with Gasteiger partial charge in [-0.25, -0.2) is 12.4 Å². The Kier molecular flexibility index (Phi) is 11.7. The van der Waals surface area contributed by atoms with Gasteiger partial charge < -0.3 is 26.7 Å². The molecule has 0 amide bonds. The first kappa shape index (κ1) is 42.9. The van der Waals surface area contributed by atoms with Gasteiger partial charge in [0.05, 0.1) is 26.8 Å². The number of nitrogen functional groups attached to an aromatic ring is 1. The first-order valence-electron chi connectivity index (χ1n) is 21.3. The van der Waals surface area contributed by atoms with Gasteiger partial charge in [-0.3, -0.25) is 9.59 Å². The first-order valence-corrected chi connectivity index (χ1v) is 23.1. The molecule has 11 rings (SSSR count). The van der Waals surface area contributed by atoms with Crippen LogP contribution in [0.5, 0.6) is 0 Å². The van der Waals surface area contributed by atoms with Gasteiger partial charge in [0.2, 0.25) is 11.2 Å². The van der Waals surface area contributed by atoms with Crippen LogP contribution >= 0.6 is 11.6 Å². The molecular weight excluding hydrogens is 864 g/mol. The van der Waals surface area contributed by atoms with Gasteiger partial charge in [-0.2, -0.15) is 30.5 Å². The number of aromatic amines is 1. The van der Waals surface area contributed by atoms with Crippen molar-refractivity contribution in [2.24, 2.45) is 0 Å². The van der Waals surface area contributed by atoms with Gasteiger partial charge in [-0.05, 0) is 116 Å². The zero-order valence-corrected chi connectivity index (χ0v) is 36.9. The quantitative estimate of drug-likeness (QED) is 0.0727. The number of carbonyl (C=O) groups is 2. The number of nitrogens with zero attached hydrogens (tertiary/aromatic N) is 7. The van der Waals surface area contributed by atoms with Crippen LogP contribution in [-0.4, -0.2) is 61.0 Å². The molecule has 0 unspecified atom stereocenters. The molecule has 4 aliphatic carbocycles. The van der Waals surface area contributed by atoms with Gasteiger partial charge in [0.25, 0.3) is 10.0 Å². The highest BCUT2D eigenvalue weighted by Gasteiger charge is 2.29. The highest BCUT2D eigenvalue weighted by atomic mass is 35.5. The van der Waals surface area contributed by atoms with Crippen LogP contribution in [0.15, 0.2) is 78.0 Å². The molecule has 2 saturated carbocycles. The number of hydrogen-bond acceptors (Lipinski definition) is 14. The number of nitrogens with one attached hydrogen (secondary N) is 4. The Bertz CT molecular complexity index is 3230. The van der Waals surface area contributed by atoms with Gasteiger partial charge in [0, 0.05) is 61.5 Å². The summed E-state index contributed by atoms with van der Waals surface area (Å²) < 4.78 is 27.1. The number of halogens is 1. The standard InChI is InChI=1S/C20H18N6O.C17H14ClN5O2S.C10H11NO/c21-9-13-10-22-18-17(13)19(23-14-4-5-14)26-20(25-18)24-15-3-1-12-8-16(27)6-2-11(12)7-15;1-10-2-6-13(7-3-10)26(24,25)23-9-11(8-19)14-15(20-12-4-5-12)21-17(18)22-16(14)23;11-9-3-1-8-6-10(12)4-2-7(8)5-9/h1,3,7,10,14H,2,4-6,8H2,(H3,22,23,24,25,26);2-3,6-7,9,12H,4-5H2,1H3,(H,20,21,22);1,3,5H,2,4,6,11H2.